The van der Waals surface area contributed by atoms with Gasteiger partial charge < -0.3 is 15.0 Å². The van der Waals surface area contributed by atoms with Crippen molar-refractivity contribution in [1.29, 1.82) is 0 Å². The van der Waals surface area contributed by atoms with Crippen LogP contribution in [0.25, 0.3) is 0 Å². The standard InChI is InChI=1S/C27H37N3O5/c1-5-23(25(32)28-16-18(2)3)30(17-19-9-8-10-20(15-19)35-4)24(31)13-14-29-26(33)21-11-6-7-12-22(21)27(29)34/h6-10,15,18,21-23H,5,11-14,16-17H2,1-4H3,(H,28,32)/t21-,22+,23-/m0/s1. The van der Waals surface area contributed by atoms with E-state index in [-0.39, 0.29) is 60.9 Å². The quantitative estimate of drug-likeness (QED) is 0.386. The van der Waals surface area contributed by atoms with Gasteiger partial charge >= 0.3 is 0 Å². The number of methoxy groups -OCH3 is 1. The van der Waals surface area contributed by atoms with Gasteiger partial charge in [0.15, 0.2) is 0 Å². The van der Waals surface area contributed by atoms with Crippen LogP contribution in [-0.2, 0) is 25.7 Å². The van der Waals surface area contributed by atoms with Crippen LogP contribution in [0.5, 0.6) is 5.75 Å². The Morgan fingerprint density at radius 3 is 2.37 bits per heavy atom. The lowest BCUT2D eigenvalue weighted by Crippen LogP contribution is -2.50. The number of benzene rings is 1. The van der Waals surface area contributed by atoms with Crippen LogP contribution in [-0.4, -0.2) is 59.7 Å². The number of nitrogens with zero attached hydrogens (tertiary/aromatic N) is 2. The predicted octanol–water partition coefficient (Wildman–Crippen LogP) is 2.92. The molecule has 1 heterocycles. The summed E-state index contributed by atoms with van der Waals surface area (Å²) in [5, 5.41) is 2.94. The number of hydrogen-bond donors (Lipinski definition) is 1. The van der Waals surface area contributed by atoms with Crippen molar-refractivity contribution in [3.63, 3.8) is 0 Å². The molecule has 3 atom stereocenters. The van der Waals surface area contributed by atoms with Crippen LogP contribution in [0, 0.1) is 17.8 Å². The van der Waals surface area contributed by atoms with E-state index in [1.807, 2.05) is 57.2 Å². The fraction of sp³-hybridized carbons (Fsp3) is 0.556. The highest BCUT2D eigenvalue weighted by Crippen LogP contribution is 2.35. The molecule has 35 heavy (non-hydrogen) atoms. The summed E-state index contributed by atoms with van der Waals surface area (Å²) in [6.45, 7) is 6.67. The fourth-order valence-corrected chi connectivity index (χ4v) is 4.75. The van der Waals surface area contributed by atoms with E-state index in [1.165, 1.54) is 4.90 Å². The first-order chi connectivity index (χ1) is 16.8. The number of ether oxygens (including phenoxy) is 1. The molecule has 1 aromatic carbocycles. The molecule has 3 rings (SSSR count). The molecule has 8 nitrogen and oxygen atoms in total. The van der Waals surface area contributed by atoms with Gasteiger partial charge in [0.1, 0.15) is 11.8 Å². The zero-order valence-electron chi connectivity index (χ0n) is 21.2. The first kappa shape index (κ1) is 26.4. The van der Waals surface area contributed by atoms with Crippen molar-refractivity contribution in [3.05, 3.63) is 42.0 Å². The number of imide groups is 1. The van der Waals surface area contributed by atoms with Gasteiger partial charge in [-0.25, -0.2) is 0 Å². The zero-order chi connectivity index (χ0) is 25.5. The Hall–Kier alpha value is -3.16. The van der Waals surface area contributed by atoms with Gasteiger partial charge in [0.2, 0.25) is 23.6 Å². The van der Waals surface area contributed by atoms with Crippen molar-refractivity contribution in [2.75, 3.05) is 20.2 Å². The van der Waals surface area contributed by atoms with Gasteiger partial charge in [-0.1, -0.05) is 45.1 Å². The van der Waals surface area contributed by atoms with Crippen LogP contribution in [0.1, 0.15) is 52.0 Å². The predicted molar refractivity (Wildman–Crippen MR) is 132 cm³/mol. The number of rotatable bonds is 11. The topological polar surface area (TPSA) is 96.0 Å². The van der Waals surface area contributed by atoms with Gasteiger partial charge in [0.05, 0.1) is 18.9 Å². The number of hydrogen-bond acceptors (Lipinski definition) is 5. The Bertz CT molecular complexity index is 947. The average Bonchev–Trinajstić information content (AvgIpc) is 3.10. The summed E-state index contributed by atoms with van der Waals surface area (Å²) in [6.07, 6.45) is 5.43. The number of nitrogens with one attached hydrogen (secondary N) is 1. The lowest BCUT2D eigenvalue weighted by molar-refractivity contribution is -0.144. The molecule has 1 saturated heterocycles. The van der Waals surface area contributed by atoms with Crippen LogP contribution in [0.15, 0.2) is 36.4 Å². The van der Waals surface area contributed by atoms with E-state index < -0.39 is 6.04 Å². The summed E-state index contributed by atoms with van der Waals surface area (Å²) in [7, 11) is 1.58. The average molecular weight is 484 g/mol. The first-order valence-electron chi connectivity index (χ1n) is 12.5. The van der Waals surface area contributed by atoms with Gasteiger partial charge in [-0.15, -0.1) is 0 Å². The number of allylic oxidation sites excluding steroid dienone is 2. The van der Waals surface area contributed by atoms with E-state index in [9.17, 15) is 19.2 Å². The molecule has 0 saturated carbocycles. The molecule has 190 valence electrons. The Balaban J connectivity index is 1.76. The van der Waals surface area contributed by atoms with E-state index in [0.29, 0.717) is 31.6 Å². The Morgan fingerprint density at radius 1 is 1.14 bits per heavy atom. The van der Waals surface area contributed by atoms with Gasteiger partial charge in [0.25, 0.3) is 0 Å². The molecule has 0 spiro atoms. The van der Waals surface area contributed by atoms with E-state index in [0.717, 1.165) is 5.56 Å². The summed E-state index contributed by atoms with van der Waals surface area (Å²) < 4.78 is 5.31. The molecule has 0 unspecified atom stereocenters. The Kier molecular flexibility index (Phi) is 9.07. The van der Waals surface area contributed by atoms with Crippen molar-refractivity contribution in [2.45, 2.75) is 59.0 Å². The molecule has 1 aromatic rings. The molecule has 4 amide bonds. The highest BCUT2D eigenvalue weighted by Gasteiger charge is 2.47. The maximum absolute atomic E-state index is 13.5. The third-order valence-electron chi connectivity index (χ3n) is 6.71. The van der Waals surface area contributed by atoms with Crippen LogP contribution < -0.4 is 10.1 Å². The monoisotopic (exact) mass is 483 g/mol. The Labute approximate surface area is 207 Å². The molecule has 1 N–H and O–H groups in total. The van der Waals surface area contributed by atoms with Crippen molar-refractivity contribution >= 4 is 23.6 Å². The molecule has 1 aliphatic carbocycles. The van der Waals surface area contributed by atoms with Crippen LogP contribution in [0.2, 0.25) is 0 Å². The molecule has 0 aromatic heterocycles. The molecule has 2 aliphatic rings. The lowest BCUT2D eigenvalue weighted by atomic mass is 9.85. The van der Waals surface area contributed by atoms with E-state index >= 15 is 0 Å². The summed E-state index contributed by atoms with van der Waals surface area (Å²) in [6, 6.07) is 6.72. The molecule has 8 heteroatoms. The Morgan fingerprint density at radius 2 is 1.80 bits per heavy atom. The highest BCUT2D eigenvalue weighted by atomic mass is 16.5. The molecule has 0 radical (unpaired) electrons. The normalized spacial score (nSPS) is 20.1. The molecule has 0 bridgehead atoms. The molecule has 1 aliphatic heterocycles. The van der Waals surface area contributed by atoms with Crippen molar-refractivity contribution in [2.24, 2.45) is 17.8 Å². The van der Waals surface area contributed by atoms with Crippen LogP contribution in [0.3, 0.4) is 0 Å². The summed E-state index contributed by atoms with van der Waals surface area (Å²) in [5.74, 6) is -0.561. The minimum Gasteiger partial charge on any atom is -0.497 e. The summed E-state index contributed by atoms with van der Waals surface area (Å²) in [4.78, 5) is 54.9. The van der Waals surface area contributed by atoms with E-state index in [4.69, 9.17) is 4.74 Å². The van der Waals surface area contributed by atoms with Gasteiger partial charge in [-0.3, -0.25) is 24.1 Å². The van der Waals surface area contributed by atoms with Crippen LogP contribution in [0.4, 0.5) is 0 Å². The fourth-order valence-electron chi connectivity index (χ4n) is 4.75. The minimum absolute atomic E-state index is 0.0255. The smallest absolute Gasteiger partial charge is 0.242 e. The molecular formula is C27H37N3O5. The second kappa shape index (κ2) is 12.0. The van der Waals surface area contributed by atoms with E-state index in [2.05, 4.69) is 5.32 Å². The second-order valence-corrected chi connectivity index (χ2v) is 9.67. The van der Waals surface area contributed by atoms with Crippen LogP contribution >= 0.6 is 0 Å². The first-order valence-corrected chi connectivity index (χ1v) is 12.5. The maximum atomic E-state index is 13.5. The second-order valence-electron chi connectivity index (χ2n) is 9.67. The summed E-state index contributed by atoms with van der Waals surface area (Å²) in [5.41, 5.74) is 0.832. The van der Waals surface area contributed by atoms with Crippen molar-refractivity contribution in [3.8, 4) is 5.75 Å². The van der Waals surface area contributed by atoms with Gasteiger partial charge in [-0.05, 0) is 42.9 Å². The largest absolute Gasteiger partial charge is 0.497 e. The molecule has 1 fully saturated rings. The number of likely N-dealkylation sites (tertiary alicyclic amines) is 1. The number of amides is 4. The minimum atomic E-state index is -0.663. The van der Waals surface area contributed by atoms with E-state index in [1.54, 1.807) is 12.0 Å². The van der Waals surface area contributed by atoms with Gasteiger partial charge in [0, 0.05) is 26.1 Å². The summed E-state index contributed by atoms with van der Waals surface area (Å²) >= 11 is 0. The maximum Gasteiger partial charge on any atom is 0.242 e. The third kappa shape index (κ3) is 6.29. The van der Waals surface area contributed by atoms with Crippen molar-refractivity contribution < 1.29 is 23.9 Å². The lowest BCUT2D eigenvalue weighted by Gasteiger charge is -2.31. The number of fused-ring (bicyclic) bond motifs is 1. The zero-order valence-corrected chi connectivity index (χ0v) is 21.2. The van der Waals surface area contributed by atoms with Crippen molar-refractivity contribution in [1.82, 2.24) is 15.1 Å². The SMILES string of the molecule is CC[C@@H](C(=O)NCC(C)C)N(Cc1cccc(OC)c1)C(=O)CCN1C(=O)[C@H]2CC=CC[C@H]2C1=O. The number of carbonyl (C=O) groups is 4. The highest BCUT2D eigenvalue weighted by molar-refractivity contribution is 6.05. The van der Waals surface area contributed by atoms with Gasteiger partial charge in [-0.2, -0.15) is 0 Å². The third-order valence-corrected chi connectivity index (χ3v) is 6.71. The molecular weight excluding hydrogens is 446 g/mol. The number of carbonyl (C=O) groups excluding carboxylic acids is 4.